The third kappa shape index (κ3) is 4.14. The summed E-state index contributed by atoms with van der Waals surface area (Å²) in [5.74, 6) is 0.908. The molecule has 31 heavy (non-hydrogen) atoms. The van der Waals surface area contributed by atoms with Crippen molar-refractivity contribution in [3.63, 3.8) is 0 Å². The predicted octanol–water partition coefficient (Wildman–Crippen LogP) is 4.06. The third-order valence-corrected chi connectivity index (χ3v) is 7.03. The Hall–Kier alpha value is -2.21. The van der Waals surface area contributed by atoms with Gasteiger partial charge < -0.3 is 0 Å². The second-order valence-electron chi connectivity index (χ2n) is 9.20. The Labute approximate surface area is 190 Å². The molecule has 6 heteroatoms. The first-order chi connectivity index (χ1) is 14.8. The summed E-state index contributed by atoms with van der Waals surface area (Å²) in [6, 6.07) is 22.4. The maximum atomic E-state index is 4.72. The Kier molecular flexibility index (Phi) is 5.83. The van der Waals surface area contributed by atoms with Gasteiger partial charge in [-0.1, -0.05) is 65.9 Å². The van der Waals surface area contributed by atoms with Gasteiger partial charge in [0, 0.05) is 50.7 Å². The molecule has 3 heterocycles. The molecule has 0 bridgehead atoms. The first-order valence-corrected chi connectivity index (χ1v) is 11.3. The summed E-state index contributed by atoms with van der Waals surface area (Å²) in [5.41, 5.74) is 4.97. The average molecular weight is 436 g/mol. The van der Waals surface area contributed by atoms with Crippen LogP contribution in [0.25, 0.3) is 11.3 Å². The number of aromatic nitrogens is 3. The molecule has 0 radical (unpaired) electrons. The second kappa shape index (κ2) is 8.73. The Morgan fingerprint density at radius 3 is 2.32 bits per heavy atom. The molecule has 2 atom stereocenters. The van der Waals surface area contributed by atoms with Crippen molar-refractivity contribution >= 4 is 12.4 Å². The van der Waals surface area contributed by atoms with Gasteiger partial charge in [0.05, 0.1) is 11.7 Å². The molecule has 1 saturated carbocycles. The first kappa shape index (κ1) is 20.7. The van der Waals surface area contributed by atoms with Gasteiger partial charge in [0.2, 0.25) is 0 Å². The lowest BCUT2D eigenvalue weighted by Gasteiger charge is -2.30. The van der Waals surface area contributed by atoms with Crippen molar-refractivity contribution in [1.29, 1.82) is 0 Å². The number of fused-ring (bicyclic) bond motifs is 3. The monoisotopic (exact) mass is 435 g/mol. The molecule has 2 aliphatic heterocycles. The molecule has 2 fully saturated rings. The van der Waals surface area contributed by atoms with Crippen LogP contribution in [0.1, 0.15) is 30.1 Å². The summed E-state index contributed by atoms with van der Waals surface area (Å²) in [6.07, 6.45) is 3.85. The molecule has 162 valence electrons. The zero-order valence-corrected chi connectivity index (χ0v) is 18.6. The molecule has 1 aromatic heterocycles. The molecule has 0 unspecified atom stereocenters. The van der Waals surface area contributed by atoms with E-state index in [1.807, 2.05) is 0 Å². The van der Waals surface area contributed by atoms with Gasteiger partial charge in [-0.05, 0) is 24.3 Å². The Bertz CT molecular complexity index is 1000. The van der Waals surface area contributed by atoms with Crippen LogP contribution < -0.4 is 0 Å². The smallest absolute Gasteiger partial charge is 0.116 e. The van der Waals surface area contributed by atoms with E-state index >= 15 is 0 Å². The number of nitrogens with zero attached hydrogens (tertiary/aromatic N) is 5. The topological polar surface area (TPSA) is 37.2 Å². The van der Waals surface area contributed by atoms with Crippen molar-refractivity contribution in [2.24, 2.45) is 5.92 Å². The van der Waals surface area contributed by atoms with Crippen molar-refractivity contribution in [3.05, 3.63) is 71.9 Å². The van der Waals surface area contributed by atoms with E-state index in [1.165, 1.54) is 36.2 Å². The van der Waals surface area contributed by atoms with Crippen molar-refractivity contribution in [3.8, 4) is 11.3 Å². The van der Waals surface area contributed by atoms with Gasteiger partial charge in [0.15, 0.2) is 0 Å². The van der Waals surface area contributed by atoms with Crippen LogP contribution >= 0.6 is 12.4 Å². The third-order valence-electron chi connectivity index (χ3n) is 7.03. The lowest BCUT2D eigenvalue weighted by Crippen LogP contribution is -2.42. The Morgan fingerprint density at radius 1 is 0.871 bits per heavy atom. The van der Waals surface area contributed by atoms with E-state index in [-0.39, 0.29) is 12.4 Å². The van der Waals surface area contributed by atoms with E-state index in [9.17, 15) is 0 Å². The fourth-order valence-electron chi connectivity index (χ4n) is 5.32. The molecular weight excluding hydrogens is 406 g/mol. The summed E-state index contributed by atoms with van der Waals surface area (Å²) < 4.78 is 2.28. The summed E-state index contributed by atoms with van der Waals surface area (Å²) >= 11 is 0. The quantitative estimate of drug-likeness (QED) is 0.605. The largest absolute Gasteiger partial charge is 0.296 e. The molecule has 0 amide bonds. The molecule has 2 aromatic carbocycles. The minimum atomic E-state index is 0. The van der Waals surface area contributed by atoms with Gasteiger partial charge in [-0.15, -0.1) is 17.5 Å². The zero-order valence-electron chi connectivity index (χ0n) is 17.8. The van der Waals surface area contributed by atoms with Crippen molar-refractivity contribution in [2.75, 3.05) is 26.2 Å². The van der Waals surface area contributed by atoms with Gasteiger partial charge in [0.25, 0.3) is 0 Å². The van der Waals surface area contributed by atoms with E-state index in [1.54, 1.807) is 0 Å². The highest BCUT2D eigenvalue weighted by Crippen LogP contribution is 2.37. The lowest BCUT2D eigenvalue weighted by atomic mass is 10.1. The number of hydrogen-bond acceptors (Lipinski definition) is 4. The van der Waals surface area contributed by atoms with E-state index in [0.29, 0.717) is 12.1 Å². The molecule has 0 spiro atoms. The lowest BCUT2D eigenvalue weighted by molar-refractivity contribution is 0.169. The number of rotatable bonds is 5. The van der Waals surface area contributed by atoms with Crippen molar-refractivity contribution in [1.82, 2.24) is 24.8 Å². The number of likely N-dealkylation sites (tertiary alicyclic amines) is 1. The number of halogens is 1. The summed E-state index contributed by atoms with van der Waals surface area (Å²) in [4.78, 5) is 5.39. The summed E-state index contributed by atoms with van der Waals surface area (Å²) in [5, 5.41) is 9.37. The van der Waals surface area contributed by atoms with Crippen LogP contribution in [-0.2, 0) is 13.0 Å². The highest BCUT2D eigenvalue weighted by molar-refractivity contribution is 5.85. The van der Waals surface area contributed by atoms with Gasteiger partial charge in [-0.2, -0.15) is 0 Å². The fraction of sp³-hybridized carbons (Fsp3) is 0.440. The van der Waals surface area contributed by atoms with E-state index < -0.39 is 0 Å². The van der Waals surface area contributed by atoms with Crippen molar-refractivity contribution < 1.29 is 0 Å². The molecular formula is C25H30ClN5. The maximum Gasteiger partial charge on any atom is 0.116 e. The fourth-order valence-corrected chi connectivity index (χ4v) is 5.32. The van der Waals surface area contributed by atoms with Crippen LogP contribution in [-0.4, -0.2) is 57.0 Å². The van der Waals surface area contributed by atoms with Crippen LogP contribution in [0, 0.1) is 5.92 Å². The van der Waals surface area contributed by atoms with Crippen LogP contribution in [0.15, 0.2) is 60.7 Å². The minimum absolute atomic E-state index is 0. The van der Waals surface area contributed by atoms with E-state index in [0.717, 1.165) is 44.2 Å². The van der Waals surface area contributed by atoms with Crippen LogP contribution in [0.5, 0.6) is 0 Å². The van der Waals surface area contributed by atoms with Gasteiger partial charge >= 0.3 is 0 Å². The van der Waals surface area contributed by atoms with Gasteiger partial charge in [-0.25, -0.2) is 4.68 Å². The van der Waals surface area contributed by atoms with Crippen LogP contribution in [0.3, 0.4) is 0 Å². The predicted molar refractivity (Wildman–Crippen MR) is 125 cm³/mol. The van der Waals surface area contributed by atoms with Crippen LogP contribution in [0.2, 0.25) is 0 Å². The summed E-state index contributed by atoms with van der Waals surface area (Å²) in [7, 11) is 0. The summed E-state index contributed by atoms with van der Waals surface area (Å²) in [6.45, 7) is 5.54. The Balaban J connectivity index is 0.00000204. The van der Waals surface area contributed by atoms with E-state index in [4.69, 9.17) is 5.21 Å². The molecule has 1 aliphatic carbocycles. The number of benzene rings is 2. The highest BCUT2D eigenvalue weighted by atomic mass is 35.5. The molecule has 1 saturated heterocycles. The molecule has 3 aromatic rings. The van der Waals surface area contributed by atoms with Gasteiger partial charge in [0.1, 0.15) is 5.69 Å². The standard InChI is InChI=1S/C25H29N5.ClH/c1-3-7-19(8-4-1)15-28-17-23-24(18-28)30-22(13-14-29(23)16-20-11-12-20)25(26-27-30)21-9-5-2-6-10-21;/h1-10,20,23-24H,11-18H2;1H/t23-,24+;/m0./s1. The van der Waals surface area contributed by atoms with E-state index in [2.05, 4.69) is 80.2 Å². The molecule has 6 rings (SSSR count). The minimum Gasteiger partial charge on any atom is -0.296 e. The normalized spacial score (nSPS) is 23.6. The van der Waals surface area contributed by atoms with Crippen LogP contribution in [0.4, 0.5) is 0 Å². The molecule has 0 N–H and O–H groups in total. The number of hydrogen-bond donors (Lipinski definition) is 0. The zero-order chi connectivity index (χ0) is 19.9. The molecule has 3 aliphatic rings. The van der Waals surface area contributed by atoms with Crippen molar-refractivity contribution in [2.45, 2.75) is 37.9 Å². The maximum absolute atomic E-state index is 4.72. The first-order valence-electron chi connectivity index (χ1n) is 11.3. The second-order valence-corrected chi connectivity index (χ2v) is 9.20. The van der Waals surface area contributed by atoms with Gasteiger partial charge in [-0.3, -0.25) is 9.80 Å². The highest BCUT2D eigenvalue weighted by Gasteiger charge is 2.43. The SMILES string of the molecule is Cl.c1ccc(CN2C[C@@H]3[C@H](C2)N(CC2CC2)CCc2c(-c4ccccc4)nnn23)cc1. The average Bonchev–Trinajstić information content (AvgIpc) is 3.39. The molecule has 5 nitrogen and oxygen atoms in total. The Morgan fingerprint density at radius 2 is 1.58 bits per heavy atom.